The number of nitrogens with zero attached hydrogens (tertiary/aromatic N) is 1. The SMILES string of the molecule is Cc1ccc(CNS(=O)(=O)c2cc(C(=O)N3CCCC3)cs2)cc1. The third kappa shape index (κ3) is 3.85. The molecule has 24 heavy (non-hydrogen) atoms. The minimum atomic E-state index is -3.61. The van der Waals surface area contributed by atoms with Crippen LogP contribution in [0.2, 0.25) is 0 Å². The van der Waals surface area contributed by atoms with Crippen LogP contribution in [0.1, 0.15) is 34.3 Å². The first kappa shape index (κ1) is 17.1. The smallest absolute Gasteiger partial charge is 0.254 e. The molecule has 0 radical (unpaired) electrons. The first-order chi connectivity index (χ1) is 11.5. The normalized spacial score (nSPS) is 15.0. The van der Waals surface area contributed by atoms with Gasteiger partial charge in [0.1, 0.15) is 4.21 Å². The van der Waals surface area contributed by atoms with Gasteiger partial charge in [-0.1, -0.05) is 29.8 Å². The van der Waals surface area contributed by atoms with Crippen LogP contribution in [0.3, 0.4) is 0 Å². The van der Waals surface area contributed by atoms with E-state index >= 15 is 0 Å². The summed E-state index contributed by atoms with van der Waals surface area (Å²) in [5.41, 5.74) is 2.48. The number of carbonyl (C=O) groups excluding carboxylic acids is 1. The molecular weight excluding hydrogens is 344 g/mol. The van der Waals surface area contributed by atoms with Crippen LogP contribution in [-0.2, 0) is 16.6 Å². The summed E-state index contributed by atoms with van der Waals surface area (Å²) in [5.74, 6) is -0.0799. The Morgan fingerprint density at radius 3 is 2.54 bits per heavy atom. The second kappa shape index (κ2) is 7.04. The molecule has 128 valence electrons. The molecule has 2 aromatic rings. The van der Waals surface area contributed by atoms with Crippen LogP contribution in [0.4, 0.5) is 0 Å². The number of nitrogens with one attached hydrogen (secondary N) is 1. The Bertz CT molecular complexity index is 820. The third-order valence-corrected chi connectivity index (χ3v) is 6.91. The number of rotatable bonds is 5. The highest BCUT2D eigenvalue weighted by Gasteiger charge is 2.23. The molecule has 0 spiro atoms. The molecule has 1 aromatic carbocycles. The zero-order chi connectivity index (χ0) is 17.2. The first-order valence-corrected chi connectivity index (χ1v) is 10.2. The lowest BCUT2D eigenvalue weighted by atomic mass is 10.2. The molecule has 1 aromatic heterocycles. The van der Waals surface area contributed by atoms with Crippen LogP contribution < -0.4 is 4.72 Å². The van der Waals surface area contributed by atoms with Crippen molar-refractivity contribution in [1.82, 2.24) is 9.62 Å². The summed E-state index contributed by atoms with van der Waals surface area (Å²) in [6.45, 7) is 3.72. The van der Waals surface area contributed by atoms with Gasteiger partial charge in [-0.05, 0) is 31.4 Å². The summed E-state index contributed by atoms with van der Waals surface area (Å²) in [6, 6.07) is 9.16. The van der Waals surface area contributed by atoms with Gasteiger partial charge in [-0.25, -0.2) is 13.1 Å². The van der Waals surface area contributed by atoms with E-state index in [1.54, 1.807) is 10.3 Å². The molecule has 0 unspecified atom stereocenters. The van der Waals surface area contributed by atoms with Crippen molar-refractivity contribution in [3.8, 4) is 0 Å². The predicted octanol–water partition coefficient (Wildman–Crippen LogP) is 2.77. The summed E-state index contributed by atoms with van der Waals surface area (Å²) < 4.78 is 27.6. The van der Waals surface area contributed by atoms with E-state index < -0.39 is 10.0 Å². The fourth-order valence-corrected chi connectivity index (χ4v) is 4.84. The van der Waals surface area contributed by atoms with E-state index in [0.717, 1.165) is 48.4 Å². The standard InChI is InChI=1S/C17H20N2O3S2/c1-13-4-6-14(7-5-13)11-18-24(21,22)16-10-15(12-23-16)17(20)19-8-2-3-9-19/h4-7,10,12,18H,2-3,8-9,11H2,1H3. The van der Waals surface area contributed by atoms with E-state index in [9.17, 15) is 13.2 Å². The van der Waals surface area contributed by atoms with Crippen LogP contribution in [-0.4, -0.2) is 32.3 Å². The third-order valence-electron chi connectivity index (χ3n) is 4.07. The molecule has 1 aliphatic rings. The molecule has 1 amide bonds. The molecule has 0 atom stereocenters. The van der Waals surface area contributed by atoms with E-state index in [0.29, 0.717) is 5.56 Å². The van der Waals surface area contributed by atoms with E-state index in [1.807, 2.05) is 31.2 Å². The molecule has 0 bridgehead atoms. The number of thiophene rings is 1. The largest absolute Gasteiger partial charge is 0.339 e. The van der Waals surface area contributed by atoms with Crippen LogP contribution >= 0.6 is 11.3 Å². The van der Waals surface area contributed by atoms with Crippen molar-refractivity contribution in [2.75, 3.05) is 13.1 Å². The van der Waals surface area contributed by atoms with Gasteiger partial charge in [-0.2, -0.15) is 0 Å². The van der Waals surface area contributed by atoms with Gasteiger partial charge < -0.3 is 4.90 Å². The van der Waals surface area contributed by atoms with Crippen LogP contribution in [0.5, 0.6) is 0 Å². The molecule has 5 nitrogen and oxygen atoms in total. The first-order valence-electron chi connectivity index (χ1n) is 7.89. The van der Waals surface area contributed by atoms with Gasteiger partial charge in [0, 0.05) is 25.0 Å². The molecule has 0 aliphatic carbocycles. The number of hydrogen-bond acceptors (Lipinski definition) is 4. The van der Waals surface area contributed by atoms with Crippen molar-refractivity contribution >= 4 is 27.3 Å². The zero-order valence-corrected chi connectivity index (χ0v) is 15.1. The molecule has 1 N–H and O–H groups in total. The minimum Gasteiger partial charge on any atom is -0.339 e. The average molecular weight is 364 g/mol. The van der Waals surface area contributed by atoms with Gasteiger partial charge in [-0.15, -0.1) is 11.3 Å². The van der Waals surface area contributed by atoms with E-state index in [-0.39, 0.29) is 16.7 Å². The lowest BCUT2D eigenvalue weighted by molar-refractivity contribution is 0.0793. The number of aryl methyl sites for hydroxylation is 1. The summed E-state index contributed by atoms with van der Waals surface area (Å²) in [5, 5.41) is 1.63. The lowest BCUT2D eigenvalue weighted by Gasteiger charge is -2.13. The Morgan fingerprint density at radius 1 is 1.21 bits per heavy atom. The highest BCUT2D eigenvalue weighted by atomic mass is 32.2. The number of sulfonamides is 1. The molecule has 7 heteroatoms. The van der Waals surface area contributed by atoms with Gasteiger partial charge in [0.15, 0.2) is 0 Å². The maximum Gasteiger partial charge on any atom is 0.254 e. The summed E-state index contributed by atoms with van der Waals surface area (Å²) in [6.07, 6.45) is 2.03. The Balaban J connectivity index is 1.68. The quantitative estimate of drug-likeness (QED) is 0.887. The Kier molecular flexibility index (Phi) is 5.03. The Labute approximate surface area is 146 Å². The van der Waals surface area contributed by atoms with Gasteiger partial charge in [0.2, 0.25) is 10.0 Å². The Hall–Kier alpha value is -1.70. The number of likely N-dealkylation sites (tertiary alicyclic amines) is 1. The van der Waals surface area contributed by atoms with Gasteiger partial charge in [-0.3, -0.25) is 4.79 Å². The topological polar surface area (TPSA) is 66.5 Å². The molecule has 2 heterocycles. The maximum atomic E-state index is 12.4. The second-order valence-electron chi connectivity index (χ2n) is 5.96. The van der Waals surface area contributed by atoms with Gasteiger partial charge in [0.25, 0.3) is 5.91 Å². The fourth-order valence-electron chi connectivity index (χ4n) is 2.63. The number of hydrogen-bond donors (Lipinski definition) is 1. The van der Waals surface area contributed by atoms with Crippen molar-refractivity contribution in [2.24, 2.45) is 0 Å². The highest BCUT2D eigenvalue weighted by Crippen LogP contribution is 2.23. The van der Waals surface area contributed by atoms with Crippen LogP contribution in [0.25, 0.3) is 0 Å². The van der Waals surface area contributed by atoms with Crippen molar-refractivity contribution in [3.63, 3.8) is 0 Å². The zero-order valence-electron chi connectivity index (χ0n) is 13.5. The van der Waals surface area contributed by atoms with Gasteiger partial charge >= 0.3 is 0 Å². The molecule has 1 fully saturated rings. The van der Waals surface area contributed by atoms with Crippen molar-refractivity contribution < 1.29 is 13.2 Å². The number of benzene rings is 1. The lowest BCUT2D eigenvalue weighted by Crippen LogP contribution is -2.27. The molecular formula is C17H20N2O3S2. The van der Waals surface area contributed by atoms with Crippen molar-refractivity contribution in [1.29, 1.82) is 0 Å². The number of amides is 1. The molecule has 1 aliphatic heterocycles. The predicted molar refractivity (Wildman–Crippen MR) is 94.7 cm³/mol. The van der Waals surface area contributed by atoms with E-state index in [2.05, 4.69) is 4.72 Å². The molecule has 0 saturated carbocycles. The summed E-state index contributed by atoms with van der Waals surface area (Å²) in [7, 11) is -3.61. The highest BCUT2D eigenvalue weighted by molar-refractivity contribution is 7.91. The van der Waals surface area contributed by atoms with Crippen LogP contribution in [0.15, 0.2) is 39.9 Å². The molecule has 3 rings (SSSR count). The van der Waals surface area contributed by atoms with E-state index in [1.165, 1.54) is 6.07 Å². The van der Waals surface area contributed by atoms with Crippen molar-refractivity contribution in [2.45, 2.75) is 30.5 Å². The molecule has 1 saturated heterocycles. The summed E-state index contributed by atoms with van der Waals surface area (Å²) >= 11 is 1.08. The monoisotopic (exact) mass is 364 g/mol. The van der Waals surface area contributed by atoms with Crippen LogP contribution in [0, 0.1) is 6.92 Å². The number of carbonyl (C=O) groups is 1. The Morgan fingerprint density at radius 2 is 1.88 bits per heavy atom. The second-order valence-corrected chi connectivity index (χ2v) is 8.87. The average Bonchev–Trinajstić information content (AvgIpc) is 3.25. The maximum absolute atomic E-state index is 12.4. The summed E-state index contributed by atoms with van der Waals surface area (Å²) in [4.78, 5) is 14.1. The fraction of sp³-hybridized carbons (Fsp3) is 0.353. The van der Waals surface area contributed by atoms with Crippen molar-refractivity contribution in [3.05, 3.63) is 52.4 Å². The van der Waals surface area contributed by atoms with E-state index in [4.69, 9.17) is 0 Å². The minimum absolute atomic E-state index is 0.0799. The van der Waals surface area contributed by atoms with Gasteiger partial charge in [0.05, 0.1) is 5.56 Å².